The van der Waals surface area contributed by atoms with E-state index in [1.54, 1.807) is 24.5 Å². The Balaban J connectivity index is 1.73. The van der Waals surface area contributed by atoms with Crippen LogP contribution in [0.4, 0.5) is 0 Å². The van der Waals surface area contributed by atoms with E-state index < -0.39 is 0 Å². The van der Waals surface area contributed by atoms with Gasteiger partial charge in [-0.3, -0.25) is 14.5 Å². The molecule has 0 unspecified atom stereocenters. The van der Waals surface area contributed by atoms with Gasteiger partial charge in [0.2, 0.25) is 5.91 Å². The molecule has 1 aliphatic rings. The maximum Gasteiger partial charge on any atom is 0.250 e. The monoisotopic (exact) mass is 315 g/mol. The second kappa shape index (κ2) is 6.37. The molecule has 0 spiro atoms. The number of nitrogens with zero attached hydrogens (tertiary/aromatic N) is 5. The van der Waals surface area contributed by atoms with Crippen LogP contribution in [0.2, 0.25) is 0 Å². The number of aryl methyl sites for hydroxylation is 1. The third kappa shape index (κ3) is 3.19. The highest BCUT2D eigenvalue weighted by molar-refractivity contribution is 5.76. The van der Waals surface area contributed by atoms with Crippen LogP contribution in [-0.2, 0) is 18.4 Å². The molecule has 122 valence electrons. The van der Waals surface area contributed by atoms with Gasteiger partial charge >= 0.3 is 0 Å². The summed E-state index contributed by atoms with van der Waals surface area (Å²) in [7, 11) is 4.00. The maximum absolute atomic E-state index is 12.5. The van der Waals surface area contributed by atoms with Crippen molar-refractivity contribution in [1.29, 1.82) is 0 Å². The molecule has 1 saturated heterocycles. The fraction of sp³-hybridized carbons (Fsp3) is 0.438. The number of piperazine rings is 1. The van der Waals surface area contributed by atoms with Crippen LogP contribution >= 0.6 is 0 Å². The molecule has 0 saturated carbocycles. The molecule has 1 amide bonds. The molecule has 7 nitrogen and oxygen atoms in total. The molecule has 0 N–H and O–H groups in total. The minimum absolute atomic E-state index is 0.0365. The van der Waals surface area contributed by atoms with Crippen molar-refractivity contribution in [1.82, 2.24) is 23.9 Å². The second-order valence-corrected chi connectivity index (χ2v) is 5.90. The Kier molecular flexibility index (Phi) is 4.29. The molecule has 3 heterocycles. The molecular formula is C16H21N5O2. The SMILES string of the molecule is CN1CCN(C(=O)Cn2ccccc2=O)C[C@H]1c1nccn1C. The first kappa shape index (κ1) is 15.5. The molecule has 2 aromatic rings. The molecule has 0 aliphatic carbocycles. The van der Waals surface area contributed by atoms with Gasteiger partial charge < -0.3 is 14.0 Å². The standard InChI is InChI=1S/C16H21N5O2/c1-18-9-10-21(11-13(18)16-17-6-8-19(16)2)15(23)12-20-7-4-3-5-14(20)22/h3-8,13H,9-12H2,1-2H3/t13-/m0/s1. The predicted octanol–water partition coefficient (Wildman–Crippen LogP) is 0.0971. The van der Waals surface area contributed by atoms with Crippen molar-refractivity contribution in [3.05, 3.63) is 53.0 Å². The quantitative estimate of drug-likeness (QED) is 0.806. The lowest BCUT2D eigenvalue weighted by Gasteiger charge is -2.39. The van der Waals surface area contributed by atoms with Gasteiger partial charge in [0.1, 0.15) is 12.4 Å². The molecule has 0 aromatic carbocycles. The number of imidazole rings is 1. The van der Waals surface area contributed by atoms with Crippen molar-refractivity contribution in [3.63, 3.8) is 0 Å². The van der Waals surface area contributed by atoms with Crippen LogP contribution in [0.3, 0.4) is 0 Å². The summed E-state index contributed by atoms with van der Waals surface area (Å²) < 4.78 is 3.42. The summed E-state index contributed by atoms with van der Waals surface area (Å²) in [6.45, 7) is 2.11. The number of likely N-dealkylation sites (N-methyl/N-ethyl adjacent to an activating group) is 1. The van der Waals surface area contributed by atoms with E-state index in [4.69, 9.17) is 0 Å². The van der Waals surface area contributed by atoms with Crippen LogP contribution in [0.25, 0.3) is 0 Å². The van der Waals surface area contributed by atoms with Gasteiger partial charge in [-0.05, 0) is 13.1 Å². The number of hydrogen-bond acceptors (Lipinski definition) is 4. The lowest BCUT2D eigenvalue weighted by molar-refractivity contribution is -0.134. The number of amides is 1. The number of carbonyl (C=O) groups excluding carboxylic acids is 1. The molecule has 1 atom stereocenters. The molecule has 2 aromatic heterocycles. The fourth-order valence-corrected chi connectivity index (χ4v) is 2.91. The average Bonchev–Trinajstić information content (AvgIpc) is 2.96. The summed E-state index contributed by atoms with van der Waals surface area (Å²) in [4.78, 5) is 32.7. The van der Waals surface area contributed by atoms with Crippen LogP contribution in [0.5, 0.6) is 0 Å². The summed E-state index contributed by atoms with van der Waals surface area (Å²) in [5.74, 6) is 0.910. The summed E-state index contributed by atoms with van der Waals surface area (Å²) in [5, 5.41) is 0. The molecular weight excluding hydrogens is 294 g/mol. The van der Waals surface area contributed by atoms with Crippen LogP contribution in [0, 0.1) is 0 Å². The average molecular weight is 315 g/mol. The first-order valence-electron chi connectivity index (χ1n) is 7.67. The van der Waals surface area contributed by atoms with Crippen molar-refractivity contribution in [2.45, 2.75) is 12.6 Å². The number of rotatable bonds is 3. The molecule has 7 heteroatoms. The van der Waals surface area contributed by atoms with E-state index in [1.807, 2.05) is 29.8 Å². The van der Waals surface area contributed by atoms with Gasteiger partial charge in [-0.25, -0.2) is 4.98 Å². The normalized spacial score (nSPS) is 19.0. The summed E-state index contributed by atoms with van der Waals surface area (Å²) in [5.41, 5.74) is -0.157. The first-order chi connectivity index (χ1) is 11.1. The van der Waals surface area contributed by atoms with E-state index in [9.17, 15) is 9.59 Å². The van der Waals surface area contributed by atoms with Gasteiger partial charge in [0.05, 0.1) is 6.04 Å². The Morgan fingerprint density at radius 1 is 1.26 bits per heavy atom. The third-order valence-electron chi connectivity index (χ3n) is 4.36. The summed E-state index contributed by atoms with van der Waals surface area (Å²) in [6.07, 6.45) is 5.33. The Morgan fingerprint density at radius 2 is 2.09 bits per heavy atom. The lowest BCUT2D eigenvalue weighted by atomic mass is 10.1. The first-order valence-corrected chi connectivity index (χ1v) is 7.67. The largest absolute Gasteiger partial charge is 0.338 e. The van der Waals surface area contributed by atoms with E-state index in [0.29, 0.717) is 13.1 Å². The number of hydrogen-bond donors (Lipinski definition) is 0. The molecule has 1 aliphatic heterocycles. The van der Waals surface area contributed by atoms with Gasteiger partial charge in [0.15, 0.2) is 0 Å². The zero-order valence-corrected chi connectivity index (χ0v) is 13.4. The van der Waals surface area contributed by atoms with E-state index in [1.165, 1.54) is 10.6 Å². The van der Waals surface area contributed by atoms with Crippen molar-refractivity contribution in [3.8, 4) is 0 Å². The highest BCUT2D eigenvalue weighted by Crippen LogP contribution is 2.22. The number of aromatic nitrogens is 3. The third-order valence-corrected chi connectivity index (χ3v) is 4.36. The van der Waals surface area contributed by atoms with E-state index >= 15 is 0 Å². The Bertz CT molecular complexity index is 751. The van der Waals surface area contributed by atoms with Crippen molar-refractivity contribution in [2.24, 2.45) is 7.05 Å². The van der Waals surface area contributed by atoms with Crippen LogP contribution < -0.4 is 5.56 Å². The van der Waals surface area contributed by atoms with Crippen molar-refractivity contribution in [2.75, 3.05) is 26.7 Å². The zero-order chi connectivity index (χ0) is 16.4. The van der Waals surface area contributed by atoms with Gasteiger partial charge in [-0.1, -0.05) is 6.07 Å². The topological polar surface area (TPSA) is 63.4 Å². The maximum atomic E-state index is 12.5. The highest BCUT2D eigenvalue weighted by atomic mass is 16.2. The van der Waals surface area contributed by atoms with Gasteiger partial charge in [0, 0.05) is 51.3 Å². The second-order valence-electron chi connectivity index (χ2n) is 5.90. The Labute approximate surface area is 134 Å². The van der Waals surface area contributed by atoms with Crippen LogP contribution in [0.1, 0.15) is 11.9 Å². The Morgan fingerprint density at radius 3 is 2.78 bits per heavy atom. The summed E-state index contributed by atoms with van der Waals surface area (Å²) >= 11 is 0. The fourth-order valence-electron chi connectivity index (χ4n) is 2.91. The van der Waals surface area contributed by atoms with Crippen molar-refractivity contribution < 1.29 is 4.79 Å². The van der Waals surface area contributed by atoms with E-state index in [-0.39, 0.29) is 24.1 Å². The lowest BCUT2D eigenvalue weighted by Crippen LogP contribution is -2.50. The van der Waals surface area contributed by atoms with E-state index in [0.717, 1.165) is 12.4 Å². The minimum atomic E-state index is -0.157. The van der Waals surface area contributed by atoms with Crippen molar-refractivity contribution >= 4 is 5.91 Å². The van der Waals surface area contributed by atoms with Gasteiger partial charge in [-0.2, -0.15) is 0 Å². The van der Waals surface area contributed by atoms with Gasteiger partial charge in [-0.15, -0.1) is 0 Å². The molecule has 0 radical (unpaired) electrons. The molecule has 23 heavy (non-hydrogen) atoms. The summed E-state index contributed by atoms with van der Waals surface area (Å²) in [6, 6.07) is 4.97. The van der Waals surface area contributed by atoms with Crippen LogP contribution in [-0.4, -0.2) is 56.5 Å². The minimum Gasteiger partial charge on any atom is -0.338 e. The zero-order valence-electron chi connectivity index (χ0n) is 13.4. The number of pyridine rings is 1. The van der Waals surface area contributed by atoms with Crippen LogP contribution in [0.15, 0.2) is 41.6 Å². The van der Waals surface area contributed by atoms with Gasteiger partial charge in [0.25, 0.3) is 5.56 Å². The number of carbonyl (C=O) groups is 1. The predicted molar refractivity (Wildman–Crippen MR) is 85.9 cm³/mol. The highest BCUT2D eigenvalue weighted by Gasteiger charge is 2.30. The van der Waals surface area contributed by atoms with E-state index in [2.05, 4.69) is 9.88 Å². The molecule has 1 fully saturated rings. The molecule has 3 rings (SSSR count). The smallest absolute Gasteiger partial charge is 0.250 e. The molecule has 0 bridgehead atoms. The Hall–Kier alpha value is -2.41.